The lowest BCUT2D eigenvalue weighted by Gasteiger charge is -2.47. The molecule has 1 spiro atoms. The van der Waals surface area contributed by atoms with Gasteiger partial charge in [0.1, 0.15) is 24.7 Å². The van der Waals surface area contributed by atoms with E-state index < -0.39 is 17.6 Å². The Morgan fingerprint density at radius 1 is 1.37 bits per heavy atom. The van der Waals surface area contributed by atoms with Crippen LogP contribution >= 0.6 is 0 Å². The summed E-state index contributed by atoms with van der Waals surface area (Å²) >= 11 is 0. The van der Waals surface area contributed by atoms with Gasteiger partial charge >= 0.3 is 5.97 Å². The van der Waals surface area contributed by atoms with Crippen LogP contribution in [-0.4, -0.2) is 43.1 Å². The van der Waals surface area contributed by atoms with Crippen molar-refractivity contribution < 1.29 is 23.0 Å². The van der Waals surface area contributed by atoms with E-state index in [4.69, 9.17) is 20.6 Å². The first kappa shape index (κ1) is 20.2. The van der Waals surface area contributed by atoms with Crippen LogP contribution in [0.15, 0.2) is 30.5 Å². The van der Waals surface area contributed by atoms with Crippen LogP contribution in [0, 0.1) is 22.5 Å². The third-order valence-corrected chi connectivity index (χ3v) is 5.47. The fourth-order valence-electron chi connectivity index (χ4n) is 3.90. The Balaban J connectivity index is 1.48. The number of nitrogens with one attached hydrogen (secondary N) is 1. The van der Waals surface area contributed by atoms with Crippen molar-refractivity contribution in [3.63, 3.8) is 0 Å². The Bertz CT molecular complexity index is 984. The van der Waals surface area contributed by atoms with E-state index in [0.29, 0.717) is 25.3 Å². The highest BCUT2D eigenvalue weighted by atomic mass is 19.1. The van der Waals surface area contributed by atoms with Crippen molar-refractivity contribution in [3.8, 4) is 11.1 Å². The Hall–Kier alpha value is -3.07. The molecule has 0 atom stereocenters. The molecule has 1 aromatic heterocycles. The summed E-state index contributed by atoms with van der Waals surface area (Å²) in [4.78, 5) is 17.6. The van der Waals surface area contributed by atoms with Crippen molar-refractivity contribution in [2.75, 3.05) is 31.2 Å². The second-order valence-electron chi connectivity index (χ2n) is 7.83. The topological polar surface area (TPSA) is 102 Å². The Morgan fingerprint density at radius 3 is 2.83 bits per heavy atom. The van der Waals surface area contributed by atoms with Crippen LogP contribution in [0.25, 0.3) is 11.1 Å². The first-order valence-electron chi connectivity index (χ1n) is 9.61. The minimum atomic E-state index is -0.718. The number of pyridine rings is 1. The van der Waals surface area contributed by atoms with Gasteiger partial charge in [0.2, 0.25) is 0 Å². The van der Waals surface area contributed by atoms with Gasteiger partial charge < -0.3 is 20.1 Å². The van der Waals surface area contributed by atoms with Crippen molar-refractivity contribution in [2.24, 2.45) is 11.1 Å². The van der Waals surface area contributed by atoms with Gasteiger partial charge in [-0.15, -0.1) is 0 Å². The van der Waals surface area contributed by atoms with Crippen LogP contribution in [0.5, 0.6) is 0 Å². The average molecular weight is 416 g/mol. The number of esters is 1. The molecule has 30 heavy (non-hydrogen) atoms. The predicted molar refractivity (Wildman–Crippen MR) is 106 cm³/mol. The number of amidine groups is 1. The van der Waals surface area contributed by atoms with E-state index in [1.165, 1.54) is 24.4 Å². The maximum Gasteiger partial charge on any atom is 0.313 e. The third kappa shape index (κ3) is 3.97. The smallest absolute Gasteiger partial charge is 0.313 e. The maximum atomic E-state index is 14.9. The normalized spacial score (nSPS) is 17.1. The summed E-state index contributed by atoms with van der Waals surface area (Å²) in [6.07, 6.45) is 2.05. The van der Waals surface area contributed by atoms with Gasteiger partial charge in [0, 0.05) is 48.0 Å². The Kier molecular flexibility index (Phi) is 5.38. The van der Waals surface area contributed by atoms with Crippen molar-refractivity contribution >= 4 is 17.6 Å². The minimum absolute atomic E-state index is 0.104. The zero-order valence-corrected chi connectivity index (χ0v) is 16.3. The number of aromatic nitrogens is 1. The lowest BCUT2D eigenvalue weighted by atomic mass is 9.79. The number of carbonyl (C=O) groups is 1. The van der Waals surface area contributed by atoms with E-state index in [2.05, 4.69) is 4.98 Å². The van der Waals surface area contributed by atoms with Gasteiger partial charge in [-0.25, -0.2) is 13.8 Å². The minimum Gasteiger partial charge on any atom is -0.460 e. The molecule has 2 fully saturated rings. The zero-order chi connectivity index (χ0) is 21.3. The quantitative estimate of drug-likeness (QED) is 0.427. The first-order chi connectivity index (χ1) is 14.4. The molecule has 0 aliphatic carbocycles. The molecule has 9 heteroatoms. The summed E-state index contributed by atoms with van der Waals surface area (Å²) in [6.45, 7) is 2.52. The van der Waals surface area contributed by atoms with Crippen LogP contribution in [-0.2, 0) is 20.9 Å². The number of hydrogen-bond donors (Lipinski definition) is 2. The number of anilines is 1. The highest BCUT2D eigenvalue weighted by Gasteiger charge is 2.46. The fraction of sp³-hybridized carbons (Fsp3) is 0.381. The van der Waals surface area contributed by atoms with Gasteiger partial charge in [-0.2, -0.15) is 0 Å². The molecule has 7 nitrogen and oxygen atoms in total. The monoisotopic (exact) mass is 416 g/mol. The van der Waals surface area contributed by atoms with Crippen molar-refractivity contribution in [2.45, 2.75) is 19.4 Å². The largest absolute Gasteiger partial charge is 0.460 e. The van der Waals surface area contributed by atoms with Gasteiger partial charge in [0.25, 0.3) is 0 Å². The summed E-state index contributed by atoms with van der Waals surface area (Å²) < 4.78 is 40.0. The van der Waals surface area contributed by atoms with Crippen molar-refractivity contribution in [1.82, 2.24) is 4.98 Å². The van der Waals surface area contributed by atoms with E-state index in [9.17, 15) is 13.6 Å². The molecule has 4 rings (SSSR count). The molecule has 0 unspecified atom stereocenters. The summed E-state index contributed by atoms with van der Waals surface area (Å²) in [5.41, 5.74) is 5.85. The predicted octanol–water partition coefficient (Wildman–Crippen LogP) is 2.62. The number of benzene rings is 1. The highest BCUT2D eigenvalue weighted by Crippen LogP contribution is 2.41. The molecular weight excluding hydrogens is 394 g/mol. The fourth-order valence-corrected chi connectivity index (χ4v) is 3.90. The number of nitrogens with zero attached hydrogens (tertiary/aromatic N) is 2. The van der Waals surface area contributed by atoms with E-state index in [-0.39, 0.29) is 41.2 Å². The zero-order valence-electron chi connectivity index (χ0n) is 16.3. The standard InChI is InChI=1S/C21H22F2N4O3/c22-16-6-14(8-26-20(16)27-10-21(11-27)4-5-29-12-21)15-3-1-2-13(19(15)23)9-30-18(28)7-17(24)25/h1-3,6,8H,4-5,7,9-12H2,(H3,24,25). The molecule has 3 heterocycles. The average Bonchev–Trinajstić information content (AvgIpc) is 3.16. The summed E-state index contributed by atoms with van der Waals surface area (Å²) in [5, 5.41) is 7.08. The molecular formula is C21H22F2N4O3. The van der Waals surface area contributed by atoms with Gasteiger partial charge in [-0.3, -0.25) is 10.2 Å². The summed E-state index contributed by atoms with van der Waals surface area (Å²) in [7, 11) is 0. The molecule has 158 valence electrons. The molecule has 2 aliphatic rings. The molecule has 2 aromatic rings. The summed E-state index contributed by atoms with van der Waals surface area (Å²) in [5.74, 6) is -1.92. The van der Waals surface area contributed by atoms with E-state index in [1.807, 2.05) is 4.90 Å². The number of halogens is 2. The van der Waals surface area contributed by atoms with Crippen LogP contribution < -0.4 is 10.6 Å². The lowest BCUT2D eigenvalue weighted by molar-refractivity contribution is -0.143. The summed E-state index contributed by atoms with van der Waals surface area (Å²) in [6, 6.07) is 5.85. The molecule has 0 radical (unpaired) electrons. The third-order valence-electron chi connectivity index (χ3n) is 5.47. The molecule has 0 saturated carbocycles. The SMILES string of the molecule is N=C(N)CC(=O)OCc1cccc(-c2cnc(N3CC4(CCOC4)C3)c(F)c2)c1F. The number of rotatable bonds is 6. The van der Waals surface area contributed by atoms with Crippen LogP contribution in [0.1, 0.15) is 18.4 Å². The van der Waals surface area contributed by atoms with Crippen molar-refractivity contribution in [1.29, 1.82) is 5.41 Å². The van der Waals surface area contributed by atoms with Crippen LogP contribution in [0.3, 0.4) is 0 Å². The highest BCUT2D eigenvalue weighted by molar-refractivity contribution is 5.94. The van der Waals surface area contributed by atoms with E-state index in [1.54, 1.807) is 6.07 Å². The first-order valence-corrected chi connectivity index (χ1v) is 9.61. The van der Waals surface area contributed by atoms with Crippen LogP contribution in [0.2, 0.25) is 0 Å². The van der Waals surface area contributed by atoms with E-state index >= 15 is 0 Å². The van der Waals surface area contributed by atoms with E-state index in [0.717, 1.165) is 13.0 Å². The number of hydrogen-bond acceptors (Lipinski definition) is 6. The molecule has 0 bridgehead atoms. The Labute approximate surface area is 172 Å². The molecule has 2 saturated heterocycles. The molecule has 0 amide bonds. The van der Waals surface area contributed by atoms with Crippen LogP contribution in [0.4, 0.5) is 14.6 Å². The van der Waals surface area contributed by atoms with Gasteiger partial charge in [0.15, 0.2) is 11.6 Å². The maximum absolute atomic E-state index is 14.9. The molecule has 3 N–H and O–H groups in total. The number of ether oxygens (including phenoxy) is 2. The molecule has 2 aliphatic heterocycles. The Morgan fingerprint density at radius 2 is 2.17 bits per heavy atom. The van der Waals surface area contributed by atoms with Gasteiger partial charge in [-0.05, 0) is 12.5 Å². The number of nitrogens with two attached hydrogens (primary N) is 1. The number of carbonyl (C=O) groups excluding carboxylic acids is 1. The van der Waals surface area contributed by atoms with Gasteiger partial charge in [-0.1, -0.05) is 18.2 Å². The second-order valence-corrected chi connectivity index (χ2v) is 7.83. The van der Waals surface area contributed by atoms with Gasteiger partial charge in [0.05, 0.1) is 6.61 Å². The van der Waals surface area contributed by atoms with Crippen molar-refractivity contribution in [3.05, 3.63) is 47.7 Å². The molecule has 1 aromatic carbocycles. The lowest BCUT2D eigenvalue weighted by Crippen LogP contribution is -2.57. The second kappa shape index (κ2) is 7.98.